The van der Waals surface area contributed by atoms with Crippen LogP contribution in [-0.2, 0) is 0 Å². The van der Waals surface area contributed by atoms with Gasteiger partial charge >= 0.3 is 0 Å². The maximum absolute atomic E-state index is 2.54. The van der Waals surface area contributed by atoms with E-state index in [1.54, 1.807) is 0 Å². The van der Waals surface area contributed by atoms with Gasteiger partial charge in [0.1, 0.15) is 0 Å². The second kappa shape index (κ2) is 5.26. The van der Waals surface area contributed by atoms with Gasteiger partial charge in [0.25, 0.3) is 0 Å². The highest BCUT2D eigenvalue weighted by molar-refractivity contribution is 5.07. The molecule has 0 spiro atoms. The first-order valence-electron chi connectivity index (χ1n) is 7.99. The summed E-state index contributed by atoms with van der Waals surface area (Å²) in [5.74, 6) is 2.28. The maximum Gasteiger partial charge on any atom is -0.0182 e. The minimum absolute atomic E-state index is 0.396. The van der Waals surface area contributed by atoms with E-state index in [0.29, 0.717) is 16.2 Å². The average molecular weight is 264 g/mol. The quantitative estimate of drug-likeness (QED) is 0.486. The summed E-state index contributed by atoms with van der Waals surface area (Å²) < 4.78 is 0. The van der Waals surface area contributed by atoms with E-state index in [-0.39, 0.29) is 0 Å². The minimum Gasteiger partial charge on any atom is -0.0848 e. The minimum atomic E-state index is 0.396. The first-order valence-corrected chi connectivity index (χ1v) is 7.99. The molecule has 0 aromatic rings. The van der Waals surface area contributed by atoms with Gasteiger partial charge < -0.3 is 0 Å². The highest BCUT2D eigenvalue weighted by Crippen LogP contribution is 2.48. The van der Waals surface area contributed by atoms with Gasteiger partial charge in [-0.15, -0.1) is 0 Å². The largest absolute Gasteiger partial charge is 0.0848 e. The lowest BCUT2D eigenvalue weighted by Gasteiger charge is -2.45. The molecule has 0 bridgehead atoms. The molecule has 3 atom stereocenters. The smallest absolute Gasteiger partial charge is 0.0182 e. The Kier molecular flexibility index (Phi) is 4.65. The molecule has 0 radical (unpaired) electrons. The summed E-state index contributed by atoms with van der Waals surface area (Å²) in [7, 11) is 0. The van der Waals surface area contributed by atoms with E-state index < -0.39 is 0 Å². The molecule has 0 nitrogen and oxygen atoms in total. The van der Waals surface area contributed by atoms with Crippen molar-refractivity contribution in [3.8, 4) is 0 Å². The second-order valence-corrected chi connectivity index (χ2v) is 9.99. The monoisotopic (exact) mass is 264 g/mol. The van der Waals surface area contributed by atoms with E-state index >= 15 is 0 Å². The molecule has 1 aliphatic carbocycles. The standard InChI is InChI=1S/C19H36/c1-17(2,3)13-14-10-11-15(18(4,5)6)12-16(14)19(7,8)9/h10-11,14-16H,12-13H2,1-9H3/t14-,15-,16?/m1/s1. The Labute approximate surface area is 122 Å². The predicted molar refractivity (Wildman–Crippen MR) is 87.2 cm³/mol. The summed E-state index contributed by atoms with van der Waals surface area (Å²) in [6.45, 7) is 21.5. The number of hydrogen-bond acceptors (Lipinski definition) is 0. The van der Waals surface area contributed by atoms with Gasteiger partial charge in [-0.25, -0.2) is 0 Å². The Morgan fingerprint density at radius 3 is 1.68 bits per heavy atom. The molecule has 0 saturated carbocycles. The van der Waals surface area contributed by atoms with Crippen LogP contribution in [0.25, 0.3) is 0 Å². The number of hydrogen-bond donors (Lipinski definition) is 0. The first kappa shape index (κ1) is 16.8. The third kappa shape index (κ3) is 4.97. The molecule has 0 heterocycles. The van der Waals surface area contributed by atoms with Crippen LogP contribution in [0.1, 0.15) is 75.2 Å². The Balaban J connectivity index is 2.97. The van der Waals surface area contributed by atoms with Crippen molar-refractivity contribution in [3.05, 3.63) is 12.2 Å². The van der Waals surface area contributed by atoms with Crippen molar-refractivity contribution in [2.45, 2.75) is 75.2 Å². The van der Waals surface area contributed by atoms with E-state index in [0.717, 1.165) is 17.8 Å². The Hall–Kier alpha value is -0.260. The molecule has 0 aromatic carbocycles. The predicted octanol–water partition coefficient (Wildman–Crippen LogP) is 6.32. The van der Waals surface area contributed by atoms with Crippen LogP contribution >= 0.6 is 0 Å². The second-order valence-electron chi connectivity index (χ2n) is 9.99. The summed E-state index contributed by atoms with van der Waals surface area (Å²) >= 11 is 0. The average Bonchev–Trinajstić information content (AvgIpc) is 2.11. The zero-order chi connectivity index (χ0) is 15.1. The molecular weight excluding hydrogens is 228 g/mol. The molecule has 1 rings (SSSR count). The van der Waals surface area contributed by atoms with Gasteiger partial charge in [0, 0.05) is 0 Å². The van der Waals surface area contributed by atoms with Gasteiger partial charge in [-0.3, -0.25) is 0 Å². The summed E-state index contributed by atoms with van der Waals surface area (Å²) in [6.07, 6.45) is 7.71. The van der Waals surface area contributed by atoms with Crippen LogP contribution in [0, 0.1) is 34.0 Å². The molecule has 0 heteroatoms. The van der Waals surface area contributed by atoms with Crippen molar-refractivity contribution < 1.29 is 0 Å². The highest BCUT2D eigenvalue weighted by Gasteiger charge is 2.39. The summed E-state index contributed by atoms with van der Waals surface area (Å²) in [6, 6.07) is 0. The van der Waals surface area contributed by atoms with E-state index in [1.165, 1.54) is 12.8 Å². The van der Waals surface area contributed by atoms with Crippen molar-refractivity contribution in [1.29, 1.82) is 0 Å². The SMILES string of the molecule is CC(C)(C)C[C@H]1C=C[C@@H](C(C)(C)C)CC1C(C)(C)C. The summed E-state index contributed by atoms with van der Waals surface area (Å²) in [4.78, 5) is 0. The van der Waals surface area contributed by atoms with Crippen LogP contribution in [0.4, 0.5) is 0 Å². The zero-order valence-electron chi connectivity index (χ0n) is 14.8. The molecule has 0 saturated heterocycles. The lowest BCUT2D eigenvalue weighted by atomic mass is 9.60. The molecule has 1 aliphatic rings. The molecular formula is C19H36. The van der Waals surface area contributed by atoms with Crippen molar-refractivity contribution in [2.24, 2.45) is 34.0 Å². The molecule has 0 amide bonds. The van der Waals surface area contributed by atoms with Crippen molar-refractivity contribution in [2.75, 3.05) is 0 Å². The Morgan fingerprint density at radius 1 is 0.789 bits per heavy atom. The van der Waals surface area contributed by atoms with Crippen molar-refractivity contribution in [3.63, 3.8) is 0 Å². The van der Waals surface area contributed by atoms with Gasteiger partial charge in [-0.05, 0) is 46.8 Å². The van der Waals surface area contributed by atoms with Gasteiger partial charge in [0.05, 0.1) is 0 Å². The molecule has 112 valence electrons. The van der Waals surface area contributed by atoms with Gasteiger partial charge in [0.2, 0.25) is 0 Å². The topological polar surface area (TPSA) is 0 Å². The van der Waals surface area contributed by atoms with Crippen LogP contribution in [0.2, 0.25) is 0 Å². The van der Waals surface area contributed by atoms with Crippen molar-refractivity contribution >= 4 is 0 Å². The summed E-state index contributed by atoms with van der Waals surface area (Å²) in [5.41, 5.74) is 1.23. The lowest BCUT2D eigenvalue weighted by Crippen LogP contribution is -2.36. The molecule has 0 aliphatic heterocycles. The molecule has 0 fully saturated rings. The normalized spacial score (nSPS) is 29.6. The number of allylic oxidation sites excluding steroid dienone is 2. The van der Waals surface area contributed by atoms with Gasteiger partial charge in [0.15, 0.2) is 0 Å². The zero-order valence-corrected chi connectivity index (χ0v) is 14.8. The lowest BCUT2D eigenvalue weighted by molar-refractivity contribution is 0.0903. The third-order valence-electron chi connectivity index (χ3n) is 4.69. The van der Waals surface area contributed by atoms with E-state index in [2.05, 4.69) is 74.5 Å². The van der Waals surface area contributed by atoms with Crippen LogP contribution in [0.15, 0.2) is 12.2 Å². The Morgan fingerprint density at radius 2 is 1.32 bits per heavy atom. The molecule has 0 N–H and O–H groups in total. The van der Waals surface area contributed by atoms with E-state index in [9.17, 15) is 0 Å². The van der Waals surface area contributed by atoms with Crippen molar-refractivity contribution in [1.82, 2.24) is 0 Å². The fraction of sp³-hybridized carbons (Fsp3) is 0.895. The van der Waals surface area contributed by atoms with Crippen LogP contribution < -0.4 is 0 Å². The first-order chi connectivity index (χ1) is 8.31. The van der Waals surface area contributed by atoms with Crippen LogP contribution in [-0.4, -0.2) is 0 Å². The van der Waals surface area contributed by atoms with Gasteiger partial charge in [-0.1, -0.05) is 74.5 Å². The number of rotatable bonds is 1. The Bertz CT molecular complexity index is 313. The van der Waals surface area contributed by atoms with Crippen LogP contribution in [0.3, 0.4) is 0 Å². The highest BCUT2D eigenvalue weighted by atomic mass is 14.4. The molecule has 1 unspecified atom stereocenters. The molecule has 0 aromatic heterocycles. The van der Waals surface area contributed by atoms with Crippen LogP contribution in [0.5, 0.6) is 0 Å². The fourth-order valence-electron chi connectivity index (χ4n) is 3.49. The van der Waals surface area contributed by atoms with E-state index in [1.807, 2.05) is 0 Å². The molecule has 19 heavy (non-hydrogen) atoms. The van der Waals surface area contributed by atoms with E-state index in [4.69, 9.17) is 0 Å². The fourth-order valence-corrected chi connectivity index (χ4v) is 3.49. The summed E-state index contributed by atoms with van der Waals surface area (Å²) in [5, 5.41) is 0. The maximum atomic E-state index is 2.54. The van der Waals surface area contributed by atoms with Gasteiger partial charge in [-0.2, -0.15) is 0 Å². The third-order valence-corrected chi connectivity index (χ3v) is 4.69.